The molecule has 0 aliphatic heterocycles. The number of benzene rings is 2. The Labute approximate surface area is 130 Å². The van der Waals surface area contributed by atoms with Crippen LogP contribution in [0.2, 0.25) is 0 Å². The maximum absolute atomic E-state index is 12.7. The van der Waals surface area contributed by atoms with Crippen molar-refractivity contribution in [3.63, 3.8) is 0 Å². The molecule has 2 rings (SSSR count). The SMILES string of the molecule is Cc1ccc(NC(C)c2cccc(C(F)(F)F)c2)c(Br)c1. The lowest BCUT2D eigenvalue weighted by Crippen LogP contribution is -2.10. The molecule has 0 aliphatic carbocycles. The number of aryl methyl sites for hydroxylation is 1. The second-order valence-corrected chi connectivity index (χ2v) is 5.83. The third kappa shape index (κ3) is 4.00. The summed E-state index contributed by atoms with van der Waals surface area (Å²) in [5, 5.41) is 3.22. The van der Waals surface area contributed by atoms with Crippen molar-refractivity contribution in [3.05, 3.63) is 63.6 Å². The molecule has 0 fully saturated rings. The molecule has 0 aromatic heterocycles. The van der Waals surface area contributed by atoms with E-state index < -0.39 is 11.7 Å². The van der Waals surface area contributed by atoms with Gasteiger partial charge in [0.05, 0.1) is 5.56 Å². The van der Waals surface area contributed by atoms with Crippen LogP contribution in [0.25, 0.3) is 0 Å². The largest absolute Gasteiger partial charge is 0.416 e. The predicted octanol–water partition coefficient (Wildman–Crippen LogP) is 5.95. The molecule has 0 spiro atoms. The molecule has 21 heavy (non-hydrogen) atoms. The first-order chi connectivity index (χ1) is 9.77. The van der Waals surface area contributed by atoms with Crippen LogP contribution < -0.4 is 5.32 Å². The third-order valence-electron chi connectivity index (χ3n) is 3.21. The zero-order valence-corrected chi connectivity index (χ0v) is 13.2. The topological polar surface area (TPSA) is 12.0 Å². The van der Waals surface area contributed by atoms with E-state index in [1.807, 2.05) is 32.0 Å². The summed E-state index contributed by atoms with van der Waals surface area (Å²) in [6, 6.07) is 11.0. The number of rotatable bonds is 3. The quantitative estimate of drug-likeness (QED) is 0.715. The van der Waals surface area contributed by atoms with Gasteiger partial charge < -0.3 is 5.32 Å². The number of anilines is 1. The minimum atomic E-state index is -4.32. The summed E-state index contributed by atoms with van der Waals surface area (Å²) in [6.45, 7) is 3.81. The van der Waals surface area contributed by atoms with Crippen molar-refractivity contribution in [1.29, 1.82) is 0 Å². The van der Waals surface area contributed by atoms with Crippen LogP contribution in [0.15, 0.2) is 46.9 Å². The minimum Gasteiger partial charge on any atom is -0.378 e. The summed E-state index contributed by atoms with van der Waals surface area (Å²) in [5.41, 5.74) is 1.93. The van der Waals surface area contributed by atoms with Crippen LogP contribution in [0.3, 0.4) is 0 Å². The Balaban J connectivity index is 2.22. The Hall–Kier alpha value is -1.49. The van der Waals surface area contributed by atoms with E-state index in [9.17, 15) is 13.2 Å². The van der Waals surface area contributed by atoms with Gasteiger partial charge in [-0.25, -0.2) is 0 Å². The smallest absolute Gasteiger partial charge is 0.378 e. The average molecular weight is 358 g/mol. The normalized spacial score (nSPS) is 13.0. The van der Waals surface area contributed by atoms with Crippen molar-refractivity contribution in [2.45, 2.75) is 26.1 Å². The summed E-state index contributed by atoms with van der Waals surface area (Å²) in [5.74, 6) is 0. The molecule has 1 atom stereocenters. The van der Waals surface area contributed by atoms with E-state index in [1.54, 1.807) is 6.07 Å². The Morgan fingerprint density at radius 1 is 1.10 bits per heavy atom. The molecule has 5 heteroatoms. The molecule has 112 valence electrons. The van der Waals surface area contributed by atoms with E-state index in [4.69, 9.17) is 0 Å². The number of nitrogens with one attached hydrogen (secondary N) is 1. The van der Waals surface area contributed by atoms with Crippen LogP contribution >= 0.6 is 15.9 Å². The van der Waals surface area contributed by atoms with Gasteiger partial charge in [0, 0.05) is 16.2 Å². The summed E-state index contributed by atoms with van der Waals surface area (Å²) in [7, 11) is 0. The van der Waals surface area contributed by atoms with Gasteiger partial charge in [-0.05, 0) is 65.2 Å². The van der Waals surface area contributed by atoms with E-state index in [2.05, 4.69) is 21.2 Å². The Morgan fingerprint density at radius 3 is 2.43 bits per heavy atom. The van der Waals surface area contributed by atoms with E-state index in [0.717, 1.165) is 21.8 Å². The van der Waals surface area contributed by atoms with E-state index in [1.165, 1.54) is 12.1 Å². The van der Waals surface area contributed by atoms with Gasteiger partial charge in [-0.15, -0.1) is 0 Å². The predicted molar refractivity (Wildman–Crippen MR) is 82.4 cm³/mol. The second-order valence-electron chi connectivity index (χ2n) is 4.97. The van der Waals surface area contributed by atoms with Gasteiger partial charge in [0.2, 0.25) is 0 Å². The van der Waals surface area contributed by atoms with Crippen molar-refractivity contribution in [2.75, 3.05) is 5.32 Å². The number of alkyl halides is 3. The van der Waals surface area contributed by atoms with Gasteiger partial charge in [-0.1, -0.05) is 18.2 Å². The molecule has 1 unspecified atom stereocenters. The van der Waals surface area contributed by atoms with E-state index in [-0.39, 0.29) is 6.04 Å². The molecule has 1 N–H and O–H groups in total. The minimum absolute atomic E-state index is 0.230. The second kappa shape index (κ2) is 6.10. The van der Waals surface area contributed by atoms with Crippen LogP contribution in [0.1, 0.15) is 29.7 Å². The van der Waals surface area contributed by atoms with E-state index in [0.29, 0.717) is 5.56 Å². The van der Waals surface area contributed by atoms with Crippen LogP contribution in [-0.2, 0) is 6.18 Å². The summed E-state index contributed by atoms with van der Waals surface area (Å²) in [6.07, 6.45) is -4.32. The molecule has 0 bridgehead atoms. The highest BCUT2D eigenvalue weighted by Crippen LogP contribution is 2.32. The maximum Gasteiger partial charge on any atom is 0.416 e. The van der Waals surface area contributed by atoms with Crippen molar-refractivity contribution in [2.24, 2.45) is 0 Å². The number of hydrogen-bond donors (Lipinski definition) is 1. The van der Waals surface area contributed by atoms with Crippen molar-refractivity contribution in [1.82, 2.24) is 0 Å². The van der Waals surface area contributed by atoms with Crippen LogP contribution in [-0.4, -0.2) is 0 Å². The molecule has 0 aliphatic rings. The highest BCUT2D eigenvalue weighted by atomic mass is 79.9. The fourth-order valence-corrected chi connectivity index (χ4v) is 2.65. The molecule has 0 heterocycles. The zero-order chi connectivity index (χ0) is 15.6. The lowest BCUT2D eigenvalue weighted by Gasteiger charge is -2.18. The van der Waals surface area contributed by atoms with Gasteiger partial charge in [0.25, 0.3) is 0 Å². The Morgan fingerprint density at radius 2 is 1.81 bits per heavy atom. The lowest BCUT2D eigenvalue weighted by molar-refractivity contribution is -0.137. The standard InChI is InChI=1S/C16H15BrF3N/c1-10-6-7-15(14(17)8-10)21-11(2)12-4-3-5-13(9-12)16(18,19)20/h3-9,11,21H,1-2H3. The van der Waals surface area contributed by atoms with Gasteiger partial charge in [-0.3, -0.25) is 0 Å². The molecule has 0 saturated carbocycles. The molecular formula is C16H15BrF3N. The average Bonchev–Trinajstić information content (AvgIpc) is 2.41. The van der Waals surface area contributed by atoms with Crippen molar-refractivity contribution < 1.29 is 13.2 Å². The fraction of sp³-hybridized carbons (Fsp3) is 0.250. The van der Waals surface area contributed by atoms with E-state index >= 15 is 0 Å². The van der Waals surface area contributed by atoms with Gasteiger partial charge in [0.15, 0.2) is 0 Å². The van der Waals surface area contributed by atoms with Crippen LogP contribution in [0.4, 0.5) is 18.9 Å². The van der Waals surface area contributed by atoms with Gasteiger partial charge >= 0.3 is 6.18 Å². The fourth-order valence-electron chi connectivity index (χ4n) is 2.04. The molecule has 0 radical (unpaired) electrons. The Kier molecular flexibility index (Phi) is 4.61. The summed E-state index contributed by atoms with van der Waals surface area (Å²) < 4.78 is 39.1. The van der Waals surface area contributed by atoms with Crippen molar-refractivity contribution in [3.8, 4) is 0 Å². The first kappa shape index (κ1) is 15.9. The summed E-state index contributed by atoms with van der Waals surface area (Å²) >= 11 is 3.45. The third-order valence-corrected chi connectivity index (χ3v) is 3.87. The molecule has 1 nitrogen and oxygen atoms in total. The summed E-state index contributed by atoms with van der Waals surface area (Å²) in [4.78, 5) is 0. The first-order valence-electron chi connectivity index (χ1n) is 6.47. The van der Waals surface area contributed by atoms with Gasteiger partial charge in [-0.2, -0.15) is 13.2 Å². The van der Waals surface area contributed by atoms with Crippen molar-refractivity contribution >= 4 is 21.6 Å². The molecular weight excluding hydrogens is 343 g/mol. The molecule has 2 aromatic rings. The monoisotopic (exact) mass is 357 g/mol. The molecule has 2 aromatic carbocycles. The molecule has 0 amide bonds. The maximum atomic E-state index is 12.7. The van der Waals surface area contributed by atoms with Crippen LogP contribution in [0, 0.1) is 6.92 Å². The lowest BCUT2D eigenvalue weighted by atomic mass is 10.0. The zero-order valence-electron chi connectivity index (χ0n) is 11.6. The van der Waals surface area contributed by atoms with Gasteiger partial charge in [0.1, 0.15) is 0 Å². The first-order valence-corrected chi connectivity index (χ1v) is 7.26. The molecule has 0 saturated heterocycles. The number of halogens is 4. The Bertz CT molecular complexity index is 638. The van der Waals surface area contributed by atoms with Crippen LogP contribution in [0.5, 0.6) is 0 Å². The highest BCUT2D eigenvalue weighted by Gasteiger charge is 2.30. The number of hydrogen-bond acceptors (Lipinski definition) is 1. The highest BCUT2D eigenvalue weighted by molar-refractivity contribution is 9.10.